The molecule has 7 heteroatoms. The molecule has 0 spiro atoms. The molecule has 1 aromatic heterocycles. The van der Waals surface area contributed by atoms with Crippen molar-refractivity contribution in [1.29, 1.82) is 0 Å². The lowest BCUT2D eigenvalue weighted by atomic mass is 10.0. The number of hydrogen-bond donors (Lipinski definition) is 2. The molecule has 0 saturated carbocycles. The molecule has 0 amide bonds. The Hall–Kier alpha value is -1.93. The van der Waals surface area contributed by atoms with Crippen molar-refractivity contribution in [3.8, 4) is 5.75 Å². The topological polar surface area (TPSA) is 67.9 Å². The van der Waals surface area contributed by atoms with E-state index in [0.717, 1.165) is 69.4 Å². The lowest BCUT2D eigenvalue weighted by molar-refractivity contribution is 0.132. The molecular formula is C23H35N5O2. The Bertz CT molecular complexity index is 802. The molecule has 30 heavy (non-hydrogen) atoms. The minimum absolute atomic E-state index is 0.220. The van der Waals surface area contributed by atoms with Gasteiger partial charge in [-0.25, -0.2) is 0 Å². The van der Waals surface area contributed by atoms with Crippen LogP contribution in [0.2, 0.25) is 0 Å². The van der Waals surface area contributed by atoms with Gasteiger partial charge in [-0.2, -0.15) is 5.10 Å². The molecule has 2 saturated heterocycles. The number of aryl methyl sites for hydroxylation is 1. The molecular weight excluding hydrogens is 378 g/mol. The molecule has 4 rings (SSSR count). The zero-order chi connectivity index (χ0) is 20.9. The van der Waals surface area contributed by atoms with E-state index in [2.05, 4.69) is 56.2 Å². The van der Waals surface area contributed by atoms with Crippen LogP contribution in [0.1, 0.15) is 17.0 Å². The molecule has 2 N–H and O–H groups in total. The predicted octanol–water partition coefficient (Wildman–Crippen LogP) is 1.38. The van der Waals surface area contributed by atoms with E-state index in [1.807, 2.05) is 13.0 Å². The van der Waals surface area contributed by atoms with E-state index in [1.165, 1.54) is 5.56 Å². The summed E-state index contributed by atoms with van der Waals surface area (Å²) in [7, 11) is 2.18. The number of ether oxygens (including phenoxy) is 1. The van der Waals surface area contributed by atoms with Crippen molar-refractivity contribution in [2.24, 2.45) is 5.92 Å². The zero-order valence-corrected chi connectivity index (χ0v) is 18.3. The molecule has 2 atom stereocenters. The molecule has 7 nitrogen and oxygen atoms in total. The molecule has 2 aliphatic heterocycles. The molecule has 1 aromatic carbocycles. The molecule has 0 aliphatic carbocycles. The maximum absolute atomic E-state index is 10.6. The van der Waals surface area contributed by atoms with Gasteiger partial charge in [0.2, 0.25) is 0 Å². The van der Waals surface area contributed by atoms with Gasteiger partial charge in [0, 0.05) is 69.5 Å². The zero-order valence-electron chi connectivity index (χ0n) is 18.3. The molecule has 2 aliphatic rings. The average molecular weight is 414 g/mol. The maximum atomic E-state index is 10.6. The van der Waals surface area contributed by atoms with Crippen molar-refractivity contribution in [2.75, 3.05) is 59.5 Å². The number of nitrogens with zero attached hydrogens (tertiary/aromatic N) is 4. The van der Waals surface area contributed by atoms with Crippen LogP contribution in [0.15, 0.2) is 30.3 Å². The quantitative estimate of drug-likeness (QED) is 0.682. The highest BCUT2D eigenvalue weighted by Gasteiger charge is 2.32. The number of aromatic nitrogens is 2. The number of hydrogen-bond acceptors (Lipinski definition) is 6. The normalized spacial score (nSPS) is 23.8. The minimum Gasteiger partial charge on any atom is -0.492 e. The van der Waals surface area contributed by atoms with Gasteiger partial charge in [0.05, 0.1) is 11.8 Å². The van der Waals surface area contributed by atoms with Crippen LogP contribution in [0.4, 0.5) is 0 Å². The standard InChI is InChI=1S/C23H35N5O2/c1-18-13-21(25-24-18)14-20-16-28(17-22(20)29)15-19-5-3-4-6-23(19)30-12-11-27-9-7-26(2)8-10-27/h3-6,13,20,22,29H,7-12,14-17H2,1-2H3,(H,24,25)/t20-,22-/m1/s1. The predicted molar refractivity (Wildman–Crippen MR) is 118 cm³/mol. The van der Waals surface area contributed by atoms with Crippen LogP contribution in [0.25, 0.3) is 0 Å². The van der Waals surface area contributed by atoms with Crippen LogP contribution in [0, 0.1) is 12.8 Å². The Morgan fingerprint density at radius 3 is 2.70 bits per heavy atom. The van der Waals surface area contributed by atoms with Crippen molar-refractivity contribution < 1.29 is 9.84 Å². The summed E-state index contributed by atoms with van der Waals surface area (Å²) in [6.07, 6.45) is 0.498. The summed E-state index contributed by atoms with van der Waals surface area (Å²) in [6, 6.07) is 10.4. The lowest BCUT2D eigenvalue weighted by Gasteiger charge is -2.32. The summed E-state index contributed by atoms with van der Waals surface area (Å²) < 4.78 is 6.17. The van der Waals surface area contributed by atoms with E-state index in [4.69, 9.17) is 4.74 Å². The molecule has 3 heterocycles. The van der Waals surface area contributed by atoms with Crippen molar-refractivity contribution in [1.82, 2.24) is 24.9 Å². The Labute approximate surface area is 179 Å². The number of nitrogens with one attached hydrogen (secondary N) is 1. The van der Waals surface area contributed by atoms with Gasteiger partial charge >= 0.3 is 0 Å². The van der Waals surface area contributed by atoms with Crippen LogP contribution in [-0.2, 0) is 13.0 Å². The van der Waals surface area contributed by atoms with E-state index in [0.29, 0.717) is 13.2 Å². The first-order valence-corrected chi connectivity index (χ1v) is 11.1. The molecule has 2 aromatic rings. The van der Waals surface area contributed by atoms with Crippen LogP contribution in [0.5, 0.6) is 5.75 Å². The van der Waals surface area contributed by atoms with Crippen molar-refractivity contribution in [3.05, 3.63) is 47.3 Å². The number of aliphatic hydroxyl groups excluding tert-OH is 1. The SMILES string of the molecule is Cc1cc(C[C@@H]2CN(Cc3ccccc3OCCN3CCN(C)CC3)C[C@H]2O)n[nH]1. The van der Waals surface area contributed by atoms with E-state index in [-0.39, 0.29) is 12.0 Å². The number of likely N-dealkylation sites (tertiary alicyclic amines) is 1. The van der Waals surface area contributed by atoms with Gasteiger partial charge in [-0.15, -0.1) is 0 Å². The van der Waals surface area contributed by atoms with E-state index >= 15 is 0 Å². The third-order valence-electron chi connectivity index (χ3n) is 6.34. The molecule has 0 unspecified atom stereocenters. The van der Waals surface area contributed by atoms with Gasteiger partial charge in [-0.1, -0.05) is 18.2 Å². The Balaban J connectivity index is 1.28. The smallest absolute Gasteiger partial charge is 0.123 e. The van der Waals surface area contributed by atoms with Crippen LogP contribution in [-0.4, -0.2) is 95.6 Å². The molecule has 2 fully saturated rings. The van der Waals surface area contributed by atoms with Crippen LogP contribution in [0.3, 0.4) is 0 Å². The number of para-hydroxylation sites is 1. The summed E-state index contributed by atoms with van der Waals surface area (Å²) in [6.45, 7) is 10.6. The van der Waals surface area contributed by atoms with Gasteiger partial charge in [0.1, 0.15) is 12.4 Å². The third kappa shape index (κ3) is 5.60. The fourth-order valence-electron chi connectivity index (χ4n) is 4.49. The number of aromatic amines is 1. The van der Waals surface area contributed by atoms with Gasteiger partial charge < -0.3 is 14.7 Å². The summed E-state index contributed by atoms with van der Waals surface area (Å²) in [4.78, 5) is 7.18. The second-order valence-corrected chi connectivity index (χ2v) is 8.87. The number of benzene rings is 1. The van der Waals surface area contributed by atoms with Gasteiger partial charge in [0.15, 0.2) is 0 Å². The fourth-order valence-corrected chi connectivity index (χ4v) is 4.49. The lowest BCUT2D eigenvalue weighted by Crippen LogP contribution is -2.45. The summed E-state index contributed by atoms with van der Waals surface area (Å²) in [5, 5.41) is 17.9. The second kappa shape index (κ2) is 9.92. The highest BCUT2D eigenvalue weighted by atomic mass is 16.5. The monoisotopic (exact) mass is 413 g/mol. The molecule has 164 valence electrons. The first-order chi connectivity index (χ1) is 14.6. The number of likely N-dealkylation sites (N-methyl/N-ethyl adjacent to an activating group) is 1. The van der Waals surface area contributed by atoms with Crippen molar-refractivity contribution in [3.63, 3.8) is 0 Å². The highest BCUT2D eigenvalue weighted by Crippen LogP contribution is 2.26. The summed E-state index contributed by atoms with van der Waals surface area (Å²) >= 11 is 0. The van der Waals surface area contributed by atoms with Crippen molar-refractivity contribution in [2.45, 2.75) is 26.0 Å². The Morgan fingerprint density at radius 1 is 1.13 bits per heavy atom. The first-order valence-electron chi connectivity index (χ1n) is 11.1. The van der Waals surface area contributed by atoms with Gasteiger partial charge in [0.25, 0.3) is 0 Å². The number of aliphatic hydroxyl groups is 1. The summed E-state index contributed by atoms with van der Waals surface area (Å²) in [5.74, 6) is 1.19. The number of H-pyrrole nitrogens is 1. The fraction of sp³-hybridized carbons (Fsp3) is 0.609. The highest BCUT2D eigenvalue weighted by molar-refractivity contribution is 5.33. The second-order valence-electron chi connectivity index (χ2n) is 8.87. The summed E-state index contributed by atoms with van der Waals surface area (Å²) in [5.41, 5.74) is 3.29. The van der Waals surface area contributed by atoms with Crippen LogP contribution < -0.4 is 4.74 Å². The minimum atomic E-state index is -0.313. The van der Waals surface area contributed by atoms with Crippen molar-refractivity contribution >= 4 is 0 Å². The van der Waals surface area contributed by atoms with E-state index in [1.54, 1.807) is 0 Å². The molecule has 0 bridgehead atoms. The Kier molecular flexibility index (Phi) is 7.04. The van der Waals surface area contributed by atoms with Gasteiger partial charge in [-0.3, -0.25) is 14.9 Å². The van der Waals surface area contributed by atoms with E-state index in [9.17, 15) is 5.11 Å². The van der Waals surface area contributed by atoms with Gasteiger partial charge in [-0.05, 0) is 32.5 Å². The first kappa shape index (κ1) is 21.3. The number of β-amino-alcohol motifs (C(OH)–C–C–N with tert-alkyl or cyclic N) is 1. The largest absolute Gasteiger partial charge is 0.492 e. The third-order valence-corrected chi connectivity index (χ3v) is 6.34. The molecule has 0 radical (unpaired) electrons. The van der Waals surface area contributed by atoms with Crippen LogP contribution >= 0.6 is 0 Å². The number of piperazine rings is 1. The maximum Gasteiger partial charge on any atom is 0.123 e. The Morgan fingerprint density at radius 2 is 1.93 bits per heavy atom. The number of rotatable bonds is 8. The van der Waals surface area contributed by atoms with E-state index < -0.39 is 0 Å². The average Bonchev–Trinajstić information content (AvgIpc) is 3.30.